The molecular formula is C8H10FO4P. The first kappa shape index (κ1) is 11.2. The molecule has 0 radical (unpaired) electrons. The normalized spacial score (nSPS) is 11.4. The summed E-state index contributed by atoms with van der Waals surface area (Å²) in [5, 5.41) is 0. The molecule has 0 fully saturated rings. The minimum atomic E-state index is -4.20. The Hall–Kier alpha value is -0.900. The van der Waals surface area contributed by atoms with E-state index in [0.29, 0.717) is 5.56 Å². The second-order valence-corrected chi connectivity index (χ2v) is 4.44. The molecular weight excluding hydrogens is 210 g/mol. The van der Waals surface area contributed by atoms with Gasteiger partial charge in [-0.2, -0.15) is 0 Å². The van der Waals surface area contributed by atoms with Crippen molar-refractivity contribution < 1.29 is 23.5 Å². The summed E-state index contributed by atoms with van der Waals surface area (Å²) in [7, 11) is -4.20. The van der Waals surface area contributed by atoms with E-state index in [9.17, 15) is 8.96 Å². The Morgan fingerprint density at radius 3 is 2.64 bits per heavy atom. The zero-order chi connectivity index (χ0) is 10.8. The maximum atomic E-state index is 12.9. The van der Waals surface area contributed by atoms with Crippen LogP contribution in [0.2, 0.25) is 0 Å². The number of halogens is 1. The smallest absolute Gasteiger partial charge is 0.362 e. The minimum absolute atomic E-state index is 0.108. The fourth-order valence-electron chi connectivity index (χ4n) is 0.822. The predicted octanol–water partition coefficient (Wildman–Crippen LogP) is 1.65. The van der Waals surface area contributed by atoms with E-state index in [0.717, 1.165) is 6.07 Å². The van der Waals surface area contributed by atoms with Gasteiger partial charge < -0.3 is 14.5 Å². The van der Waals surface area contributed by atoms with Crippen LogP contribution in [0.5, 0.6) is 5.75 Å². The minimum Gasteiger partial charge on any atom is -0.481 e. The molecule has 0 unspecified atom stereocenters. The van der Waals surface area contributed by atoms with Crippen LogP contribution in [-0.2, 0) is 4.57 Å². The number of ether oxygens (including phenoxy) is 1. The van der Waals surface area contributed by atoms with Crippen LogP contribution in [0.1, 0.15) is 5.56 Å². The van der Waals surface area contributed by atoms with Crippen LogP contribution in [0.15, 0.2) is 18.2 Å². The summed E-state index contributed by atoms with van der Waals surface area (Å²) in [6.07, 6.45) is -0.741. The van der Waals surface area contributed by atoms with Crippen LogP contribution in [0.3, 0.4) is 0 Å². The summed E-state index contributed by atoms with van der Waals surface area (Å²) in [5.41, 5.74) is 0.452. The van der Waals surface area contributed by atoms with Gasteiger partial charge in [0.15, 0.2) is 6.35 Å². The van der Waals surface area contributed by atoms with E-state index in [1.165, 1.54) is 12.1 Å². The van der Waals surface area contributed by atoms with Crippen molar-refractivity contribution in [2.24, 2.45) is 0 Å². The van der Waals surface area contributed by atoms with Crippen molar-refractivity contribution in [3.8, 4) is 5.75 Å². The molecule has 4 nitrogen and oxygen atoms in total. The lowest BCUT2D eigenvalue weighted by Gasteiger charge is -2.07. The van der Waals surface area contributed by atoms with E-state index in [1.54, 1.807) is 6.92 Å². The average Bonchev–Trinajstić information content (AvgIpc) is 2.06. The van der Waals surface area contributed by atoms with Gasteiger partial charge in [0.2, 0.25) is 0 Å². The maximum Gasteiger partial charge on any atom is 0.362 e. The summed E-state index contributed by atoms with van der Waals surface area (Å²) >= 11 is 0. The Morgan fingerprint density at radius 1 is 1.50 bits per heavy atom. The molecule has 14 heavy (non-hydrogen) atoms. The first-order valence-corrected chi connectivity index (χ1v) is 5.62. The topological polar surface area (TPSA) is 66.8 Å². The van der Waals surface area contributed by atoms with E-state index in [-0.39, 0.29) is 5.75 Å². The molecule has 1 aromatic carbocycles. The summed E-state index contributed by atoms with van der Waals surface area (Å²) < 4.78 is 28.1. The third-order valence-electron chi connectivity index (χ3n) is 1.54. The van der Waals surface area contributed by atoms with Gasteiger partial charge >= 0.3 is 7.60 Å². The summed E-state index contributed by atoms with van der Waals surface area (Å²) in [6.45, 7) is 1.59. The quantitative estimate of drug-likeness (QED) is 0.760. The molecule has 2 N–H and O–H groups in total. The highest BCUT2D eigenvalue weighted by molar-refractivity contribution is 7.51. The Labute approximate surface area is 80.5 Å². The predicted molar refractivity (Wildman–Crippen MR) is 48.7 cm³/mol. The molecule has 0 aliphatic carbocycles. The lowest BCUT2D eigenvalue weighted by atomic mass is 10.2. The summed E-state index contributed by atoms with van der Waals surface area (Å²) in [6, 6.07) is 4.02. The van der Waals surface area contributed by atoms with E-state index in [2.05, 4.69) is 0 Å². The van der Waals surface area contributed by atoms with Crippen molar-refractivity contribution in [3.63, 3.8) is 0 Å². The fourth-order valence-corrected chi connectivity index (χ4v) is 1.14. The zero-order valence-electron chi connectivity index (χ0n) is 7.48. The van der Waals surface area contributed by atoms with Crippen LogP contribution in [0.4, 0.5) is 4.39 Å². The van der Waals surface area contributed by atoms with Crippen molar-refractivity contribution in [2.75, 3.05) is 6.35 Å². The van der Waals surface area contributed by atoms with Crippen LogP contribution in [-0.4, -0.2) is 16.1 Å². The second-order valence-electron chi connectivity index (χ2n) is 2.85. The van der Waals surface area contributed by atoms with E-state index in [4.69, 9.17) is 14.5 Å². The largest absolute Gasteiger partial charge is 0.481 e. The van der Waals surface area contributed by atoms with Gasteiger partial charge in [-0.1, -0.05) is 6.07 Å². The molecule has 0 aromatic heterocycles. The Morgan fingerprint density at radius 2 is 2.14 bits per heavy atom. The van der Waals surface area contributed by atoms with Gasteiger partial charge in [-0.3, -0.25) is 4.57 Å². The molecule has 1 aromatic rings. The molecule has 0 amide bonds. The lowest BCUT2D eigenvalue weighted by Crippen LogP contribution is -1.98. The number of aryl methyl sites for hydroxylation is 1. The SMILES string of the molecule is Cc1ccc(OCP(=O)(O)O)cc1F. The van der Waals surface area contributed by atoms with Gasteiger partial charge in [0.05, 0.1) is 0 Å². The van der Waals surface area contributed by atoms with Crippen LogP contribution in [0, 0.1) is 12.7 Å². The van der Waals surface area contributed by atoms with E-state index < -0.39 is 19.8 Å². The third-order valence-corrected chi connectivity index (χ3v) is 2.01. The van der Waals surface area contributed by atoms with Crippen LogP contribution in [0.25, 0.3) is 0 Å². The monoisotopic (exact) mass is 220 g/mol. The summed E-state index contributed by atoms with van der Waals surface area (Å²) in [4.78, 5) is 17.0. The van der Waals surface area contributed by atoms with Crippen molar-refractivity contribution >= 4 is 7.60 Å². The average molecular weight is 220 g/mol. The Kier molecular flexibility index (Phi) is 3.26. The molecule has 0 aliphatic rings. The van der Waals surface area contributed by atoms with E-state index in [1.807, 2.05) is 0 Å². The molecule has 78 valence electrons. The first-order chi connectivity index (χ1) is 6.38. The lowest BCUT2D eigenvalue weighted by molar-refractivity contribution is 0.299. The number of hydrogen-bond acceptors (Lipinski definition) is 2. The van der Waals surface area contributed by atoms with Crippen LogP contribution < -0.4 is 4.74 Å². The third kappa shape index (κ3) is 3.46. The Bertz CT molecular complexity index is 374. The van der Waals surface area contributed by atoms with E-state index >= 15 is 0 Å². The molecule has 0 atom stereocenters. The maximum absolute atomic E-state index is 12.9. The molecule has 0 heterocycles. The number of rotatable bonds is 3. The van der Waals surface area contributed by atoms with Crippen molar-refractivity contribution in [3.05, 3.63) is 29.6 Å². The second kappa shape index (κ2) is 4.09. The zero-order valence-corrected chi connectivity index (χ0v) is 8.37. The molecule has 1 rings (SSSR count). The van der Waals surface area contributed by atoms with Gasteiger partial charge in [-0.05, 0) is 18.6 Å². The molecule has 6 heteroatoms. The van der Waals surface area contributed by atoms with Crippen molar-refractivity contribution in [2.45, 2.75) is 6.92 Å². The number of benzene rings is 1. The number of hydrogen-bond donors (Lipinski definition) is 2. The van der Waals surface area contributed by atoms with Gasteiger partial charge in [0.25, 0.3) is 0 Å². The first-order valence-electron chi connectivity index (χ1n) is 3.82. The standard InChI is InChI=1S/C8H10FO4P/c1-6-2-3-7(4-8(6)9)13-5-14(10,11)12/h2-4H,5H2,1H3,(H2,10,11,12). The van der Waals surface area contributed by atoms with Crippen LogP contribution >= 0.6 is 7.60 Å². The Balaban J connectivity index is 2.69. The molecule has 0 saturated carbocycles. The summed E-state index contributed by atoms with van der Waals surface area (Å²) in [5.74, 6) is -0.357. The molecule has 0 aliphatic heterocycles. The van der Waals surface area contributed by atoms with Crippen molar-refractivity contribution in [1.82, 2.24) is 0 Å². The fraction of sp³-hybridized carbons (Fsp3) is 0.250. The highest BCUT2D eigenvalue weighted by Gasteiger charge is 2.13. The highest BCUT2D eigenvalue weighted by atomic mass is 31.2. The van der Waals surface area contributed by atoms with Gasteiger partial charge in [-0.15, -0.1) is 0 Å². The molecule has 0 saturated heterocycles. The van der Waals surface area contributed by atoms with Gasteiger partial charge in [-0.25, -0.2) is 4.39 Å². The molecule has 0 bridgehead atoms. The van der Waals surface area contributed by atoms with Crippen molar-refractivity contribution in [1.29, 1.82) is 0 Å². The van der Waals surface area contributed by atoms with Gasteiger partial charge in [0, 0.05) is 6.07 Å². The van der Waals surface area contributed by atoms with Gasteiger partial charge in [0.1, 0.15) is 11.6 Å². The highest BCUT2D eigenvalue weighted by Crippen LogP contribution is 2.34. The molecule has 0 spiro atoms.